The van der Waals surface area contributed by atoms with E-state index in [9.17, 15) is 0 Å². The van der Waals surface area contributed by atoms with Crippen LogP contribution in [0, 0.1) is 18.3 Å². The molecule has 0 aromatic heterocycles. The number of nitrogens with zero attached hydrogens (tertiary/aromatic N) is 2. The van der Waals surface area contributed by atoms with Gasteiger partial charge < -0.3 is 5.73 Å². The average molecular weight is 218 g/mol. The standard InChI is InChI=1S/C10H10N4S/c1-7-2-3-8(5-11)4-9(7)6-13-14-10(12)15/h2-4,6H,1H3,(H3,12,14,15). The molecule has 0 spiro atoms. The lowest BCUT2D eigenvalue weighted by Crippen LogP contribution is -2.24. The lowest BCUT2D eigenvalue weighted by Gasteiger charge is -2.00. The first-order valence-electron chi connectivity index (χ1n) is 4.22. The Kier molecular flexibility index (Phi) is 3.77. The van der Waals surface area contributed by atoms with Crippen LogP contribution in [0.3, 0.4) is 0 Å². The molecule has 1 rings (SSSR count). The van der Waals surface area contributed by atoms with Gasteiger partial charge in [-0.1, -0.05) is 6.07 Å². The van der Waals surface area contributed by atoms with Gasteiger partial charge in [-0.2, -0.15) is 10.4 Å². The zero-order valence-electron chi connectivity index (χ0n) is 8.19. The van der Waals surface area contributed by atoms with Gasteiger partial charge in [-0.15, -0.1) is 0 Å². The fourth-order valence-electron chi connectivity index (χ4n) is 1.01. The Morgan fingerprint density at radius 1 is 1.67 bits per heavy atom. The first kappa shape index (κ1) is 11.1. The fourth-order valence-corrected chi connectivity index (χ4v) is 1.07. The Morgan fingerprint density at radius 2 is 2.40 bits per heavy atom. The minimum Gasteiger partial charge on any atom is -0.375 e. The summed E-state index contributed by atoms with van der Waals surface area (Å²) in [7, 11) is 0. The van der Waals surface area contributed by atoms with Crippen molar-refractivity contribution in [3.8, 4) is 6.07 Å². The van der Waals surface area contributed by atoms with Crippen LogP contribution in [0.25, 0.3) is 0 Å². The number of nitriles is 1. The van der Waals surface area contributed by atoms with Crippen LogP contribution in [0.15, 0.2) is 23.3 Å². The van der Waals surface area contributed by atoms with Gasteiger partial charge in [0, 0.05) is 0 Å². The highest BCUT2D eigenvalue weighted by Gasteiger charge is 1.97. The second kappa shape index (κ2) is 5.08. The summed E-state index contributed by atoms with van der Waals surface area (Å²) in [5, 5.41) is 12.7. The Hall–Kier alpha value is -1.93. The van der Waals surface area contributed by atoms with Crippen LogP contribution in [0.1, 0.15) is 16.7 Å². The molecule has 1 aromatic carbocycles. The maximum absolute atomic E-state index is 8.72. The maximum Gasteiger partial charge on any atom is 0.184 e. The highest BCUT2D eigenvalue weighted by molar-refractivity contribution is 7.80. The molecule has 0 aliphatic heterocycles. The van der Waals surface area contributed by atoms with E-state index in [0.29, 0.717) is 5.56 Å². The molecule has 3 N–H and O–H groups in total. The van der Waals surface area contributed by atoms with E-state index in [2.05, 4.69) is 28.8 Å². The van der Waals surface area contributed by atoms with Gasteiger partial charge in [-0.25, -0.2) is 0 Å². The minimum absolute atomic E-state index is 0.111. The topological polar surface area (TPSA) is 74.2 Å². The smallest absolute Gasteiger partial charge is 0.184 e. The summed E-state index contributed by atoms with van der Waals surface area (Å²) in [4.78, 5) is 0. The first-order valence-corrected chi connectivity index (χ1v) is 4.63. The van der Waals surface area contributed by atoms with E-state index < -0.39 is 0 Å². The van der Waals surface area contributed by atoms with Gasteiger partial charge in [0.05, 0.1) is 17.8 Å². The zero-order chi connectivity index (χ0) is 11.3. The Labute approximate surface area is 93.4 Å². The lowest BCUT2D eigenvalue weighted by molar-refractivity contribution is 1.04. The van der Waals surface area contributed by atoms with Crippen molar-refractivity contribution in [2.75, 3.05) is 0 Å². The van der Waals surface area contributed by atoms with Crippen LogP contribution in [-0.2, 0) is 0 Å². The first-order chi connectivity index (χ1) is 7.13. The van der Waals surface area contributed by atoms with Gasteiger partial charge in [-0.3, -0.25) is 5.43 Å². The van der Waals surface area contributed by atoms with Crippen molar-refractivity contribution in [3.05, 3.63) is 34.9 Å². The normalized spacial score (nSPS) is 9.87. The Morgan fingerprint density at radius 3 is 3.00 bits per heavy atom. The second-order valence-corrected chi connectivity index (χ2v) is 3.36. The van der Waals surface area contributed by atoms with Crippen LogP contribution < -0.4 is 11.2 Å². The van der Waals surface area contributed by atoms with Gasteiger partial charge in [-0.05, 0) is 42.4 Å². The third-order valence-corrected chi connectivity index (χ3v) is 1.88. The van der Waals surface area contributed by atoms with Crippen molar-refractivity contribution in [3.63, 3.8) is 0 Å². The molecule has 0 aliphatic rings. The number of hydrogen-bond acceptors (Lipinski definition) is 3. The predicted octanol–water partition coefficient (Wildman–Crippen LogP) is 1.03. The third-order valence-electron chi connectivity index (χ3n) is 1.79. The van der Waals surface area contributed by atoms with E-state index >= 15 is 0 Å². The number of nitrogens with one attached hydrogen (secondary N) is 1. The summed E-state index contributed by atoms with van der Waals surface area (Å²) in [6, 6.07) is 7.43. The van der Waals surface area contributed by atoms with Crippen molar-refractivity contribution in [1.29, 1.82) is 5.26 Å². The van der Waals surface area contributed by atoms with Gasteiger partial charge >= 0.3 is 0 Å². The minimum atomic E-state index is 0.111. The number of aryl methyl sites for hydroxylation is 1. The zero-order valence-corrected chi connectivity index (χ0v) is 9.01. The number of thiocarbonyl (C=S) groups is 1. The van der Waals surface area contributed by atoms with Crippen LogP contribution in [-0.4, -0.2) is 11.3 Å². The highest BCUT2D eigenvalue weighted by Crippen LogP contribution is 2.07. The number of benzene rings is 1. The molecule has 4 nitrogen and oxygen atoms in total. The molecule has 5 heteroatoms. The predicted molar refractivity (Wildman–Crippen MR) is 63.4 cm³/mol. The molecule has 0 radical (unpaired) electrons. The molecule has 0 atom stereocenters. The van der Waals surface area contributed by atoms with E-state index in [1.54, 1.807) is 18.3 Å². The number of hydrogen-bond donors (Lipinski definition) is 2. The molecule has 0 saturated heterocycles. The van der Waals surface area contributed by atoms with Crippen molar-refractivity contribution in [2.45, 2.75) is 6.92 Å². The molecule has 0 amide bonds. The number of rotatable bonds is 2. The molecular weight excluding hydrogens is 208 g/mol. The number of nitrogens with two attached hydrogens (primary N) is 1. The largest absolute Gasteiger partial charge is 0.375 e. The van der Waals surface area contributed by atoms with Gasteiger partial charge in [0.25, 0.3) is 0 Å². The van der Waals surface area contributed by atoms with Crippen molar-refractivity contribution < 1.29 is 0 Å². The van der Waals surface area contributed by atoms with E-state index in [1.807, 2.05) is 13.0 Å². The van der Waals surface area contributed by atoms with Crippen molar-refractivity contribution in [2.24, 2.45) is 10.8 Å². The Bertz CT molecular complexity index is 445. The van der Waals surface area contributed by atoms with Crippen LogP contribution >= 0.6 is 12.2 Å². The molecule has 0 unspecified atom stereocenters. The molecule has 76 valence electrons. The van der Waals surface area contributed by atoms with Crippen LogP contribution in [0.5, 0.6) is 0 Å². The van der Waals surface area contributed by atoms with E-state index in [0.717, 1.165) is 11.1 Å². The third kappa shape index (κ3) is 3.37. The summed E-state index contributed by atoms with van der Waals surface area (Å²) < 4.78 is 0. The fraction of sp³-hybridized carbons (Fsp3) is 0.100. The SMILES string of the molecule is Cc1ccc(C#N)cc1C=NNC(N)=S. The molecule has 0 bridgehead atoms. The van der Waals surface area contributed by atoms with Gasteiger partial charge in [0.1, 0.15) is 0 Å². The average Bonchev–Trinajstić information content (AvgIpc) is 2.20. The summed E-state index contributed by atoms with van der Waals surface area (Å²) >= 11 is 4.59. The van der Waals surface area contributed by atoms with Gasteiger partial charge in [0.15, 0.2) is 5.11 Å². The summed E-state index contributed by atoms with van der Waals surface area (Å²) in [6.07, 6.45) is 1.58. The Balaban J connectivity index is 2.89. The monoisotopic (exact) mass is 218 g/mol. The molecule has 0 aliphatic carbocycles. The van der Waals surface area contributed by atoms with E-state index in [-0.39, 0.29) is 5.11 Å². The maximum atomic E-state index is 8.72. The highest BCUT2D eigenvalue weighted by atomic mass is 32.1. The molecule has 0 saturated carbocycles. The van der Waals surface area contributed by atoms with Crippen molar-refractivity contribution in [1.82, 2.24) is 5.43 Å². The van der Waals surface area contributed by atoms with E-state index in [1.165, 1.54) is 0 Å². The number of hydrazone groups is 1. The summed E-state index contributed by atoms with van der Waals surface area (Å²) in [5.41, 5.74) is 10.1. The summed E-state index contributed by atoms with van der Waals surface area (Å²) in [5.74, 6) is 0. The van der Waals surface area contributed by atoms with Gasteiger partial charge in [0.2, 0.25) is 0 Å². The molecule has 15 heavy (non-hydrogen) atoms. The molecule has 1 aromatic rings. The quantitative estimate of drug-likeness (QED) is 0.442. The summed E-state index contributed by atoms with van der Waals surface area (Å²) in [6.45, 7) is 1.93. The van der Waals surface area contributed by atoms with Crippen molar-refractivity contribution >= 4 is 23.5 Å². The molecule has 0 fully saturated rings. The van der Waals surface area contributed by atoms with Crippen LogP contribution in [0.4, 0.5) is 0 Å². The lowest BCUT2D eigenvalue weighted by atomic mass is 10.1. The second-order valence-electron chi connectivity index (χ2n) is 2.92. The van der Waals surface area contributed by atoms with E-state index in [4.69, 9.17) is 11.0 Å². The molecular formula is C10H10N4S. The van der Waals surface area contributed by atoms with Crippen LogP contribution in [0.2, 0.25) is 0 Å². The molecule has 0 heterocycles.